The molecule has 0 unspecified atom stereocenters. The Balaban J connectivity index is 0.000000921. The first-order valence-corrected chi connectivity index (χ1v) is 5.09. The maximum Gasteiger partial charge on any atom is 0.234 e. The summed E-state index contributed by atoms with van der Waals surface area (Å²) in [6.45, 7) is 6.48. The number of aromatic nitrogens is 1. The summed E-state index contributed by atoms with van der Waals surface area (Å²) in [5.41, 5.74) is 7.21. The van der Waals surface area contributed by atoms with Crippen LogP contribution in [0.15, 0.2) is 18.5 Å². The van der Waals surface area contributed by atoms with Crippen molar-refractivity contribution in [1.29, 1.82) is 0 Å². The topological polar surface area (TPSA) is 68.0 Å². The van der Waals surface area contributed by atoms with Crippen LogP contribution in [0.4, 0.5) is 0 Å². The minimum absolute atomic E-state index is 0.0270. The lowest BCUT2D eigenvalue weighted by molar-refractivity contribution is -0.119. The second-order valence-electron chi connectivity index (χ2n) is 2.85. The molecular weight excluding hydrogens is 190 g/mol. The molecular formula is C11H19N3O. The minimum atomic E-state index is -0.151. The lowest BCUT2D eigenvalue weighted by Crippen LogP contribution is -2.29. The van der Waals surface area contributed by atoms with Crippen LogP contribution in [0.1, 0.15) is 25.0 Å². The van der Waals surface area contributed by atoms with Crippen LogP contribution in [0.25, 0.3) is 0 Å². The zero-order valence-corrected chi connectivity index (χ0v) is 9.58. The summed E-state index contributed by atoms with van der Waals surface area (Å²) in [7, 11) is 0. The van der Waals surface area contributed by atoms with Crippen LogP contribution in [-0.4, -0.2) is 17.4 Å². The van der Waals surface area contributed by atoms with Gasteiger partial charge in [0.05, 0.1) is 6.54 Å². The highest BCUT2D eigenvalue weighted by Crippen LogP contribution is 1.99. The third kappa shape index (κ3) is 5.80. The fourth-order valence-corrected chi connectivity index (χ4v) is 0.987. The first-order valence-electron chi connectivity index (χ1n) is 5.09. The van der Waals surface area contributed by atoms with E-state index >= 15 is 0 Å². The van der Waals surface area contributed by atoms with Crippen LogP contribution in [0.5, 0.6) is 0 Å². The van der Waals surface area contributed by atoms with Crippen molar-refractivity contribution in [1.82, 2.24) is 10.3 Å². The SMILES string of the molecule is CC.Cc1cncc(CNC(=O)CN)c1. The van der Waals surface area contributed by atoms with E-state index in [9.17, 15) is 4.79 Å². The molecule has 4 nitrogen and oxygen atoms in total. The molecule has 0 aromatic carbocycles. The van der Waals surface area contributed by atoms with Gasteiger partial charge in [0.15, 0.2) is 0 Å². The van der Waals surface area contributed by atoms with E-state index in [0.717, 1.165) is 11.1 Å². The highest BCUT2D eigenvalue weighted by molar-refractivity contribution is 5.77. The lowest BCUT2D eigenvalue weighted by atomic mass is 10.2. The summed E-state index contributed by atoms with van der Waals surface area (Å²) in [6, 6.07) is 1.98. The zero-order valence-electron chi connectivity index (χ0n) is 9.58. The first kappa shape index (κ1) is 13.6. The molecule has 1 heterocycles. The third-order valence-electron chi connectivity index (χ3n) is 1.61. The smallest absolute Gasteiger partial charge is 0.234 e. The molecule has 1 rings (SSSR count). The Morgan fingerprint density at radius 3 is 2.67 bits per heavy atom. The molecule has 0 saturated carbocycles. The van der Waals surface area contributed by atoms with Crippen LogP contribution in [-0.2, 0) is 11.3 Å². The van der Waals surface area contributed by atoms with Crippen molar-refractivity contribution in [3.8, 4) is 0 Å². The second kappa shape index (κ2) is 7.94. The Kier molecular flexibility index (Phi) is 7.18. The number of hydrogen-bond acceptors (Lipinski definition) is 3. The number of nitrogens with one attached hydrogen (secondary N) is 1. The molecule has 0 aliphatic rings. The van der Waals surface area contributed by atoms with Gasteiger partial charge in [-0.2, -0.15) is 0 Å². The van der Waals surface area contributed by atoms with Crippen molar-refractivity contribution >= 4 is 5.91 Å². The fraction of sp³-hybridized carbons (Fsp3) is 0.455. The normalized spacial score (nSPS) is 8.80. The van der Waals surface area contributed by atoms with Gasteiger partial charge in [0.25, 0.3) is 0 Å². The molecule has 1 amide bonds. The molecule has 0 spiro atoms. The maximum atomic E-state index is 10.8. The van der Waals surface area contributed by atoms with Gasteiger partial charge in [-0.3, -0.25) is 9.78 Å². The maximum absolute atomic E-state index is 10.8. The van der Waals surface area contributed by atoms with E-state index in [1.807, 2.05) is 26.8 Å². The molecule has 0 aliphatic heterocycles. The summed E-state index contributed by atoms with van der Waals surface area (Å²) in [5.74, 6) is -0.151. The number of carbonyl (C=O) groups is 1. The number of pyridine rings is 1. The molecule has 1 aromatic rings. The summed E-state index contributed by atoms with van der Waals surface area (Å²) >= 11 is 0. The van der Waals surface area contributed by atoms with Crippen molar-refractivity contribution in [3.63, 3.8) is 0 Å². The van der Waals surface area contributed by atoms with Gasteiger partial charge in [-0.15, -0.1) is 0 Å². The van der Waals surface area contributed by atoms with Gasteiger partial charge in [-0.05, 0) is 18.1 Å². The molecule has 0 fully saturated rings. The van der Waals surface area contributed by atoms with Crippen LogP contribution < -0.4 is 11.1 Å². The Hall–Kier alpha value is -1.42. The van der Waals surface area contributed by atoms with Crippen molar-refractivity contribution < 1.29 is 4.79 Å². The molecule has 0 radical (unpaired) electrons. The van der Waals surface area contributed by atoms with Gasteiger partial charge in [-0.25, -0.2) is 0 Å². The summed E-state index contributed by atoms with van der Waals surface area (Å²) in [6.07, 6.45) is 3.50. The van der Waals surface area contributed by atoms with Crippen molar-refractivity contribution in [3.05, 3.63) is 29.6 Å². The number of amides is 1. The van der Waals surface area contributed by atoms with Crippen LogP contribution in [0.3, 0.4) is 0 Å². The van der Waals surface area contributed by atoms with Crippen molar-refractivity contribution in [2.75, 3.05) is 6.54 Å². The lowest BCUT2D eigenvalue weighted by Gasteiger charge is -2.03. The predicted octanol–water partition coefficient (Wildman–Crippen LogP) is 0.991. The minimum Gasteiger partial charge on any atom is -0.351 e. The number of carbonyl (C=O) groups excluding carboxylic acids is 1. The van der Waals surface area contributed by atoms with Gasteiger partial charge in [0.2, 0.25) is 5.91 Å². The number of nitrogens with zero attached hydrogens (tertiary/aromatic N) is 1. The molecule has 1 aromatic heterocycles. The number of rotatable bonds is 3. The Bertz CT molecular complexity index is 300. The van der Waals surface area contributed by atoms with Gasteiger partial charge < -0.3 is 11.1 Å². The number of aryl methyl sites for hydroxylation is 1. The largest absolute Gasteiger partial charge is 0.351 e. The highest BCUT2D eigenvalue weighted by Gasteiger charge is 1.97. The van der Waals surface area contributed by atoms with E-state index < -0.39 is 0 Å². The quantitative estimate of drug-likeness (QED) is 0.780. The van der Waals surface area contributed by atoms with Crippen LogP contribution in [0, 0.1) is 6.92 Å². The number of nitrogens with two attached hydrogens (primary N) is 1. The van der Waals surface area contributed by atoms with Gasteiger partial charge in [0.1, 0.15) is 0 Å². The summed E-state index contributed by atoms with van der Waals surface area (Å²) in [4.78, 5) is 14.8. The predicted molar refractivity (Wildman–Crippen MR) is 61.2 cm³/mol. The van der Waals surface area contributed by atoms with E-state index in [2.05, 4.69) is 10.3 Å². The van der Waals surface area contributed by atoms with Crippen molar-refractivity contribution in [2.24, 2.45) is 5.73 Å². The van der Waals surface area contributed by atoms with Crippen LogP contribution >= 0.6 is 0 Å². The molecule has 4 heteroatoms. The molecule has 15 heavy (non-hydrogen) atoms. The first-order chi connectivity index (χ1) is 7.22. The van der Waals surface area contributed by atoms with E-state index in [0.29, 0.717) is 6.54 Å². The van der Waals surface area contributed by atoms with E-state index in [4.69, 9.17) is 5.73 Å². The fourth-order valence-electron chi connectivity index (χ4n) is 0.987. The third-order valence-corrected chi connectivity index (χ3v) is 1.61. The second-order valence-corrected chi connectivity index (χ2v) is 2.85. The summed E-state index contributed by atoms with van der Waals surface area (Å²) < 4.78 is 0. The molecule has 84 valence electrons. The zero-order chi connectivity index (χ0) is 11.7. The Morgan fingerprint density at radius 1 is 1.47 bits per heavy atom. The number of hydrogen-bond donors (Lipinski definition) is 2. The van der Waals surface area contributed by atoms with Crippen molar-refractivity contribution in [2.45, 2.75) is 27.3 Å². The van der Waals surface area contributed by atoms with E-state index in [1.54, 1.807) is 12.4 Å². The molecule has 0 aliphatic carbocycles. The van der Waals surface area contributed by atoms with Gasteiger partial charge in [0, 0.05) is 18.9 Å². The average molecular weight is 209 g/mol. The van der Waals surface area contributed by atoms with Gasteiger partial charge in [-0.1, -0.05) is 19.9 Å². The molecule has 3 N–H and O–H groups in total. The highest BCUT2D eigenvalue weighted by atomic mass is 16.1. The summed E-state index contributed by atoms with van der Waals surface area (Å²) in [5, 5.41) is 2.67. The molecule has 0 bridgehead atoms. The Labute approximate surface area is 90.9 Å². The van der Waals surface area contributed by atoms with Crippen LogP contribution in [0.2, 0.25) is 0 Å². The van der Waals surface area contributed by atoms with Gasteiger partial charge >= 0.3 is 0 Å². The molecule has 0 atom stereocenters. The average Bonchev–Trinajstić information content (AvgIpc) is 2.29. The Morgan fingerprint density at radius 2 is 2.13 bits per heavy atom. The monoisotopic (exact) mass is 209 g/mol. The standard InChI is InChI=1S/C9H13N3O.C2H6/c1-7-2-8(5-11-4-7)6-12-9(13)3-10;1-2/h2,4-5H,3,6,10H2,1H3,(H,12,13);1-2H3. The van der Waals surface area contributed by atoms with E-state index in [1.165, 1.54) is 0 Å². The van der Waals surface area contributed by atoms with E-state index in [-0.39, 0.29) is 12.5 Å². The molecule has 0 saturated heterocycles.